The van der Waals surface area contributed by atoms with Crippen molar-refractivity contribution in [2.24, 2.45) is 11.8 Å². The molecular formula is C9H16O. The van der Waals surface area contributed by atoms with Crippen molar-refractivity contribution in [3.63, 3.8) is 0 Å². The molecule has 1 nitrogen and oxygen atoms in total. The smallest absolute Gasteiger partial charge is 0.133 e. The molecule has 1 rings (SSSR count). The highest BCUT2D eigenvalue weighted by Gasteiger charge is 2.17. The van der Waals surface area contributed by atoms with Gasteiger partial charge < -0.3 is 0 Å². The minimum absolute atomic E-state index is 0.469. The van der Waals surface area contributed by atoms with Gasteiger partial charge in [-0.05, 0) is 24.7 Å². The third kappa shape index (κ3) is 2.13. The van der Waals surface area contributed by atoms with Crippen molar-refractivity contribution in [2.75, 3.05) is 0 Å². The molecule has 1 saturated carbocycles. The molecule has 0 aromatic rings. The maximum Gasteiger partial charge on any atom is 0.133 e. The van der Waals surface area contributed by atoms with Crippen LogP contribution in [0.25, 0.3) is 0 Å². The Labute approximate surface area is 62.8 Å². The lowest BCUT2D eigenvalue weighted by atomic mass is 9.96. The number of Topliss-reactive ketones (excluding diaryl/α,β-unsaturated/α-hetero) is 1. The minimum Gasteiger partial charge on any atom is -0.300 e. The molecule has 1 fully saturated rings. The first kappa shape index (κ1) is 7.77. The van der Waals surface area contributed by atoms with Gasteiger partial charge in [-0.2, -0.15) is 0 Å². The number of ketones is 1. The molecule has 0 saturated heterocycles. The Morgan fingerprint density at radius 3 is 2.70 bits per heavy atom. The van der Waals surface area contributed by atoms with Crippen LogP contribution in [-0.2, 0) is 4.79 Å². The lowest BCUT2D eigenvalue weighted by Crippen LogP contribution is -2.01. The van der Waals surface area contributed by atoms with Crippen molar-refractivity contribution in [1.82, 2.24) is 0 Å². The van der Waals surface area contributed by atoms with Crippen LogP contribution in [0.15, 0.2) is 0 Å². The van der Waals surface area contributed by atoms with Gasteiger partial charge >= 0.3 is 0 Å². The molecule has 0 aliphatic heterocycles. The zero-order chi connectivity index (χ0) is 7.56. The van der Waals surface area contributed by atoms with Crippen LogP contribution in [0.5, 0.6) is 0 Å². The molecule has 0 radical (unpaired) electrons. The highest BCUT2D eigenvalue weighted by atomic mass is 16.1. The monoisotopic (exact) mass is 140 g/mol. The van der Waals surface area contributed by atoms with Crippen LogP contribution in [0.3, 0.4) is 0 Å². The Morgan fingerprint density at radius 1 is 1.30 bits per heavy atom. The van der Waals surface area contributed by atoms with Crippen LogP contribution in [0.1, 0.15) is 39.5 Å². The van der Waals surface area contributed by atoms with Gasteiger partial charge in [0.1, 0.15) is 5.78 Å². The van der Waals surface area contributed by atoms with Crippen molar-refractivity contribution in [2.45, 2.75) is 39.5 Å². The second kappa shape index (κ2) is 3.18. The summed E-state index contributed by atoms with van der Waals surface area (Å²) in [5, 5.41) is 0. The first-order valence-electron chi connectivity index (χ1n) is 4.20. The van der Waals surface area contributed by atoms with E-state index < -0.39 is 0 Å². The molecule has 0 bridgehead atoms. The van der Waals surface area contributed by atoms with Crippen LogP contribution in [0, 0.1) is 11.8 Å². The molecule has 1 aliphatic carbocycles. The van der Waals surface area contributed by atoms with Crippen LogP contribution in [0.4, 0.5) is 0 Å². The van der Waals surface area contributed by atoms with Crippen molar-refractivity contribution >= 4 is 5.78 Å². The van der Waals surface area contributed by atoms with E-state index in [0.717, 1.165) is 25.2 Å². The van der Waals surface area contributed by atoms with Gasteiger partial charge in [0.05, 0.1) is 0 Å². The molecule has 58 valence electrons. The summed E-state index contributed by atoms with van der Waals surface area (Å²) >= 11 is 0. The van der Waals surface area contributed by atoms with E-state index in [9.17, 15) is 4.79 Å². The quantitative estimate of drug-likeness (QED) is 0.472. The van der Waals surface area contributed by atoms with Gasteiger partial charge in [0, 0.05) is 12.8 Å². The Balaban J connectivity index is 2.46. The molecule has 10 heavy (non-hydrogen) atoms. The molecule has 1 aliphatic rings. The Bertz CT molecular complexity index is 129. The van der Waals surface area contributed by atoms with Crippen LogP contribution in [-0.4, -0.2) is 5.78 Å². The number of carbonyl (C=O) groups excluding carboxylic acids is 1. The summed E-state index contributed by atoms with van der Waals surface area (Å²) < 4.78 is 0. The molecule has 2 atom stereocenters. The topological polar surface area (TPSA) is 17.1 Å². The molecular weight excluding hydrogens is 124 g/mol. The standard InChI is InChI=1S/C9H16O/c1-7-3-4-9(10)6-8(2)5-7/h7-8H,3-6H2,1-2H3/t7-,8-/m1/s1. The lowest BCUT2D eigenvalue weighted by Gasteiger charge is -2.09. The summed E-state index contributed by atoms with van der Waals surface area (Å²) in [5.74, 6) is 1.86. The van der Waals surface area contributed by atoms with Gasteiger partial charge in [-0.25, -0.2) is 0 Å². The van der Waals surface area contributed by atoms with Crippen LogP contribution < -0.4 is 0 Å². The van der Waals surface area contributed by atoms with Crippen molar-refractivity contribution in [3.8, 4) is 0 Å². The van der Waals surface area contributed by atoms with E-state index in [1.54, 1.807) is 0 Å². The van der Waals surface area contributed by atoms with Crippen molar-refractivity contribution < 1.29 is 4.79 Å². The Hall–Kier alpha value is -0.330. The maximum atomic E-state index is 11.0. The molecule has 0 aromatic carbocycles. The highest BCUT2D eigenvalue weighted by molar-refractivity contribution is 5.78. The number of carbonyl (C=O) groups is 1. The second-order valence-electron chi connectivity index (χ2n) is 3.73. The maximum absolute atomic E-state index is 11.0. The molecule has 0 N–H and O–H groups in total. The molecule has 0 amide bonds. The van der Waals surface area contributed by atoms with Crippen LogP contribution in [0.2, 0.25) is 0 Å². The van der Waals surface area contributed by atoms with Gasteiger partial charge in [-0.3, -0.25) is 4.79 Å². The normalized spacial score (nSPS) is 35.6. The first-order chi connectivity index (χ1) is 4.68. The zero-order valence-corrected chi connectivity index (χ0v) is 6.89. The summed E-state index contributed by atoms with van der Waals surface area (Å²) in [7, 11) is 0. The Morgan fingerprint density at radius 2 is 2.00 bits per heavy atom. The van der Waals surface area contributed by atoms with E-state index in [2.05, 4.69) is 13.8 Å². The van der Waals surface area contributed by atoms with E-state index in [1.807, 2.05) is 0 Å². The number of rotatable bonds is 0. The predicted octanol–water partition coefficient (Wildman–Crippen LogP) is 2.40. The lowest BCUT2D eigenvalue weighted by molar-refractivity contribution is -0.119. The van der Waals surface area contributed by atoms with Crippen LogP contribution >= 0.6 is 0 Å². The zero-order valence-electron chi connectivity index (χ0n) is 6.89. The first-order valence-corrected chi connectivity index (χ1v) is 4.20. The average Bonchev–Trinajstić information content (AvgIpc) is 1.93. The SMILES string of the molecule is C[C@@H]1CCC(=O)C[C@H](C)C1. The summed E-state index contributed by atoms with van der Waals surface area (Å²) in [6, 6.07) is 0. The average molecular weight is 140 g/mol. The number of hydrogen-bond donors (Lipinski definition) is 0. The minimum atomic E-state index is 0.469. The predicted molar refractivity (Wildman–Crippen MR) is 41.8 cm³/mol. The molecule has 0 heterocycles. The molecule has 1 heteroatoms. The second-order valence-corrected chi connectivity index (χ2v) is 3.73. The van der Waals surface area contributed by atoms with E-state index in [4.69, 9.17) is 0 Å². The largest absolute Gasteiger partial charge is 0.300 e. The van der Waals surface area contributed by atoms with E-state index >= 15 is 0 Å². The fourth-order valence-corrected chi connectivity index (χ4v) is 1.79. The van der Waals surface area contributed by atoms with Crippen molar-refractivity contribution in [1.29, 1.82) is 0 Å². The van der Waals surface area contributed by atoms with Gasteiger partial charge in [-0.1, -0.05) is 13.8 Å². The summed E-state index contributed by atoms with van der Waals surface area (Å²) in [6.45, 7) is 4.43. The highest BCUT2D eigenvalue weighted by Crippen LogP contribution is 2.24. The summed E-state index contributed by atoms with van der Waals surface area (Å²) in [4.78, 5) is 11.0. The van der Waals surface area contributed by atoms with Gasteiger partial charge in [0.2, 0.25) is 0 Å². The van der Waals surface area contributed by atoms with E-state index in [-0.39, 0.29) is 0 Å². The fraction of sp³-hybridized carbons (Fsp3) is 0.889. The van der Waals surface area contributed by atoms with Gasteiger partial charge in [-0.15, -0.1) is 0 Å². The third-order valence-electron chi connectivity index (χ3n) is 2.30. The molecule has 0 spiro atoms. The van der Waals surface area contributed by atoms with Crippen molar-refractivity contribution in [3.05, 3.63) is 0 Å². The van der Waals surface area contributed by atoms with Gasteiger partial charge in [0.25, 0.3) is 0 Å². The summed E-state index contributed by atoms with van der Waals surface area (Å²) in [6.07, 6.45) is 4.00. The van der Waals surface area contributed by atoms with E-state index in [1.165, 1.54) is 6.42 Å². The molecule has 0 aromatic heterocycles. The third-order valence-corrected chi connectivity index (χ3v) is 2.30. The van der Waals surface area contributed by atoms with Gasteiger partial charge in [0.15, 0.2) is 0 Å². The summed E-state index contributed by atoms with van der Waals surface area (Å²) in [5.41, 5.74) is 0. The fourth-order valence-electron chi connectivity index (χ4n) is 1.79. The number of hydrogen-bond acceptors (Lipinski definition) is 1. The Kier molecular flexibility index (Phi) is 2.47. The molecule has 0 unspecified atom stereocenters. The van der Waals surface area contributed by atoms with E-state index in [0.29, 0.717) is 11.7 Å².